The molecule has 0 aromatic heterocycles. The van der Waals surface area contributed by atoms with Crippen LogP contribution < -0.4 is 0 Å². The van der Waals surface area contributed by atoms with Crippen LogP contribution in [0.25, 0.3) is 0 Å². The lowest BCUT2D eigenvalue weighted by molar-refractivity contribution is -0.369. The molecule has 3 fully saturated rings. The summed E-state index contributed by atoms with van der Waals surface area (Å²) in [4.78, 5) is 23.2. The highest BCUT2D eigenvalue weighted by Crippen LogP contribution is 2.32. The highest BCUT2D eigenvalue weighted by atomic mass is 16.8. The number of ether oxygens (including phenoxy) is 7. The Morgan fingerprint density at radius 2 is 1.31 bits per heavy atom. The van der Waals surface area contributed by atoms with Gasteiger partial charge in [0, 0.05) is 13.8 Å². The lowest BCUT2D eigenvalue weighted by Crippen LogP contribution is -2.66. The minimum absolute atomic E-state index is 0.422. The van der Waals surface area contributed by atoms with E-state index >= 15 is 0 Å². The Labute approximate surface area is 204 Å². The van der Waals surface area contributed by atoms with Gasteiger partial charge in [-0.05, 0) is 0 Å². The third-order valence-corrected chi connectivity index (χ3v) is 5.86. The normalized spacial score (nSPS) is 45.6. The zero-order chi connectivity index (χ0) is 26.7. The van der Waals surface area contributed by atoms with Gasteiger partial charge in [0.1, 0.15) is 48.8 Å². The molecule has 0 amide bonds. The molecule has 3 heterocycles. The molecule has 3 rings (SSSR count). The smallest absolute Gasteiger partial charge is 0.303 e. The van der Waals surface area contributed by atoms with E-state index in [1.807, 2.05) is 0 Å². The lowest BCUT2D eigenvalue weighted by atomic mass is 9.97. The first kappa shape index (κ1) is 29.0. The fourth-order valence-electron chi connectivity index (χ4n) is 4.10. The number of hydrogen-bond acceptors (Lipinski definition) is 16. The predicted molar refractivity (Wildman–Crippen MR) is 108 cm³/mol. The van der Waals surface area contributed by atoms with Gasteiger partial charge < -0.3 is 68.9 Å². The van der Waals surface area contributed by atoms with Gasteiger partial charge in [-0.1, -0.05) is 0 Å². The number of carbonyl (C=O) groups excluding carboxylic acids is 2. The highest BCUT2D eigenvalue weighted by Gasteiger charge is 2.53. The van der Waals surface area contributed by atoms with Gasteiger partial charge in [-0.25, -0.2) is 0 Å². The van der Waals surface area contributed by atoms with Crippen LogP contribution in [0.15, 0.2) is 0 Å². The number of carbonyl (C=O) groups is 2. The van der Waals surface area contributed by atoms with Crippen LogP contribution in [-0.2, 0) is 42.7 Å². The minimum Gasteiger partial charge on any atom is -0.457 e. The number of aliphatic hydroxyl groups is 7. The van der Waals surface area contributed by atoms with E-state index in [-0.39, 0.29) is 0 Å². The fourth-order valence-corrected chi connectivity index (χ4v) is 4.10. The van der Waals surface area contributed by atoms with Crippen molar-refractivity contribution < 1.29 is 78.5 Å². The molecule has 3 aliphatic heterocycles. The standard InChI is InChI=1S/C20H32O16/c1-6(22)32-15-10(3-21)34-20(35-14-9(25)5-30-18(29)17(14)33-7(2)23)13(28)16(15)36-19-12(27)11(26)8(24)4-31-19/h8-21,24-29H,3-5H2,1-2H3/t8-,9+,10-,11+,12-,13-,14+,15-,16-,17-,18-,19+,20+/m1/s1. The number of rotatable bonds is 7. The van der Waals surface area contributed by atoms with E-state index < -0.39 is 112 Å². The second-order valence-corrected chi connectivity index (χ2v) is 8.61. The molecule has 13 atom stereocenters. The lowest BCUT2D eigenvalue weighted by Gasteiger charge is -2.47. The van der Waals surface area contributed by atoms with E-state index in [0.717, 1.165) is 13.8 Å². The van der Waals surface area contributed by atoms with Crippen LogP contribution in [0.2, 0.25) is 0 Å². The summed E-state index contributed by atoms with van der Waals surface area (Å²) < 4.78 is 37.1. The molecule has 16 heteroatoms. The maximum Gasteiger partial charge on any atom is 0.303 e. The third-order valence-electron chi connectivity index (χ3n) is 5.86. The molecule has 7 N–H and O–H groups in total. The Morgan fingerprint density at radius 3 is 1.92 bits per heavy atom. The summed E-state index contributed by atoms with van der Waals surface area (Å²) in [6, 6.07) is 0. The van der Waals surface area contributed by atoms with Crippen LogP contribution in [0.5, 0.6) is 0 Å². The Morgan fingerprint density at radius 1 is 0.722 bits per heavy atom. The SMILES string of the molecule is CC(=O)O[C@@H]1[C@@H](O[C@@H]2O[C@H](CO)[C@@H](OC(C)=O)[C@H](O[C@@H]3OC[C@@H](O)[C@H](O)[C@H]3O)[C@H]2O)[C@@H](O)CO[C@H]1O. The third kappa shape index (κ3) is 6.47. The first-order chi connectivity index (χ1) is 16.9. The van der Waals surface area contributed by atoms with Crippen molar-refractivity contribution in [2.75, 3.05) is 19.8 Å². The van der Waals surface area contributed by atoms with Crippen LogP contribution in [0, 0.1) is 0 Å². The molecule has 0 radical (unpaired) electrons. The average Bonchev–Trinajstić information content (AvgIpc) is 2.81. The molecule has 0 saturated carbocycles. The number of esters is 2. The molecular weight excluding hydrogens is 496 g/mol. The van der Waals surface area contributed by atoms with Crippen molar-refractivity contribution in [2.45, 2.75) is 93.8 Å². The van der Waals surface area contributed by atoms with E-state index in [9.17, 15) is 45.3 Å². The summed E-state index contributed by atoms with van der Waals surface area (Å²) in [5.74, 6) is -1.66. The van der Waals surface area contributed by atoms with Gasteiger partial charge in [0.25, 0.3) is 0 Å². The molecule has 0 aromatic carbocycles. The molecule has 3 aliphatic rings. The van der Waals surface area contributed by atoms with Crippen molar-refractivity contribution in [1.29, 1.82) is 0 Å². The van der Waals surface area contributed by atoms with Crippen molar-refractivity contribution in [3.63, 3.8) is 0 Å². The molecule has 3 saturated heterocycles. The highest BCUT2D eigenvalue weighted by molar-refractivity contribution is 5.66. The quantitative estimate of drug-likeness (QED) is 0.153. The first-order valence-corrected chi connectivity index (χ1v) is 11.2. The van der Waals surface area contributed by atoms with Crippen LogP contribution in [0.3, 0.4) is 0 Å². The molecule has 0 unspecified atom stereocenters. The summed E-state index contributed by atoms with van der Waals surface area (Å²) in [5, 5.41) is 71.2. The van der Waals surface area contributed by atoms with Gasteiger partial charge in [-0.15, -0.1) is 0 Å². The van der Waals surface area contributed by atoms with Crippen molar-refractivity contribution in [3.05, 3.63) is 0 Å². The second kappa shape index (κ2) is 12.3. The van der Waals surface area contributed by atoms with Crippen molar-refractivity contribution in [3.8, 4) is 0 Å². The Kier molecular flexibility index (Phi) is 9.94. The number of aliphatic hydroxyl groups excluding tert-OH is 7. The van der Waals surface area contributed by atoms with Gasteiger partial charge >= 0.3 is 11.9 Å². The van der Waals surface area contributed by atoms with Gasteiger partial charge in [0.2, 0.25) is 0 Å². The molecule has 0 aromatic rings. The van der Waals surface area contributed by atoms with Crippen LogP contribution in [0.1, 0.15) is 13.8 Å². The van der Waals surface area contributed by atoms with E-state index in [4.69, 9.17) is 33.2 Å². The van der Waals surface area contributed by atoms with Crippen molar-refractivity contribution in [1.82, 2.24) is 0 Å². The van der Waals surface area contributed by atoms with Gasteiger partial charge in [0.15, 0.2) is 31.1 Å². The zero-order valence-electron chi connectivity index (χ0n) is 19.4. The minimum atomic E-state index is -1.85. The van der Waals surface area contributed by atoms with Crippen LogP contribution >= 0.6 is 0 Å². The Hall–Kier alpha value is -1.54. The van der Waals surface area contributed by atoms with Crippen molar-refractivity contribution >= 4 is 11.9 Å². The summed E-state index contributed by atoms with van der Waals surface area (Å²) in [6.45, 7) is 0.475. The Bertz CT molecular complexity index is 751. The van der Waals surface area contributed by atoms with E-state index in [0.29, 0.717) is 0 Å². The van der Waals surface area contributed by atoms with Gasteiger partial charge in [-0.2, -0.15) is 0 Å². The average molecular weight is 528 g/mol. The second-order valence-electron chi connectivity index (χ2n) is 8.61. The predicted octanol–water partition coefficient (Wildman–Crippen LogP) is -5.15. The maximum atomic E-state index is 11.7. The van der Waals surface area contributed by atoms with E-state index in [1.54, 1.807) is 0 Å². The summed E-state index contributed by atoms with van der Waals surface area (Å²) in [6.07, 6.45) is -20.6. The topological polar surface area (TPSA) is 240 Å². The van der Waals surface area contributed by atoms with E-state index in [1.165, 1.54) is 0 Å². The molecule has 16 nitrogen and oxygen atoms in total. The maximum absolute atomic E-state index is 11.7. The Balaban J connectivity index is 1.85. The number of hydrogen-bond donors (Lipinski definition) is 7. The summed E-state index contributed by atoms with van der Waals surface area (Å²) in [7, 11) is 0. The van der Waals surface area contributed by atoms with Gasteiger partial charge in [-0.3, -0.25) is 9.59 Å². The molecule has 0 aliphatic carbocycles. The van der Waals surface area contributed by atoms with Crippen LogP contribution in [0.4, 0.5) is 0 Å². The van der Waals surface area contributed by atoms with Crippen LogP contribution in [-0.4, -0.2) is 147 Å². The molecule has 208 valence electrons. The summed E-state index contributed by atoms with van der Waals surface area (Å²) in [5.41, 5.74) is 0. The monoisotopic (exact) mass is 528 g/mol. The molecule has 0 spiro atoms. The zero-order valence-corrected chi connectivity index (χ0v) is 19.4. The molecule has 36 heavy (non-hydrogen) atoms. The fraction of sp³-hybridized carbons (Fsp3) is 0.900. The molecular formula is C20H32O16. The first-order valence-electron chi connectivity index (χ1n) is 11.2. The van der Waals surface area contributed by atoms with E-state index in [2.05, 4.69) is 0 Å². The summed E-state index contributed by atoms with van der Waals surface area (Å²) >= 11 is 0. The molecule has 0 bridgehead atoms. The largest absolute Gasteiger partial charge is 0.457 e. The van der Waals surface area contributed by atoms with Crippen molar-refractivity contribution in [2.24, 2.45) is 0 Å². The van der Waals surface area contributed by atoms with Gasteiger partial charge in [0.05, 0.1) is 19.8 Å².